The van der Waals surface area contributed by atoms with Gasteiger partial charge in [0, 0.05) is 22.6 Å². The third kappa shape index (κ3) is 6.98. The maximum Gasteiger partial charge on any atom is 0.333 e. The first-order chi connectivity index (χ1) is 10.0. The predicted molar refractivity (Wildman–Crippen MR) is 86.4 cm³/mol. The number of carboxylic acid groups (broad SMARTS) is 2. The molecule has 0 amide bonds. The lowest BCUT2D eigenvalue weighted by atomic mass is 9.81. The Kier molecular flexibility index (Phi) is 6.70. The Morgan fingerprint density at radius 1 is 1.23 bits per heavy atom. The second kappa shape index (κ2) is 7.66. The second-order valence-corrected chi connectivity index (χ2v) is 8.25. The van der Waals surface area contributed by atoms with Crippen LogP contribution in [0.1, 0.15) is 47.0 Å². The third-order valence-electron chi connectivity index (χ3n) is 3.51. The molecular formula is C15H27NO5S. The molecule has 1 aliphatic heterocycles. The normalized spacial score (nSPS) is 22.2. The zero-order valence-electron chi connectivity index (χ0n) is 13.7. The van der Waals surface area contributed by atoms with Crippen molar-refractivity contribution in [3.05, 3.63) is 0 Å². The molecule has 128 valence electrons. The van der Waals surface area contributed by atoms with Gasteiger partial charge in [0.2, 0.25) is 0 Å². The number of carbonyl (C=O) groups is 2. The number of aliphatic carboxylic acids is 2. The first-order valence-electron chi connectivity index (χ1n) is 7.48. The Morgan fingerprint density at radius 3 is 2.23 bits per heavy atom. The van der Waals surface area contributed by atoms with Gasteiger partial charge in [0.1, 0.15) is 0 Å². The van der Waals surface area contributed by atoms with E-state index in [-0.39, 0.29) is 29.4 Å². The van der Waals surface area contributed by atoms with Crippen LogP contribution in [0, 0.1) is 0 Å². The highest BCUT2D eigenvalue weighted by atomic mass is 32.2. The quantitative estimate of drug-likeness (QED) is 0.584. The Bertz CT molecular complexity index is 395. The van der Waals surface area contributed by atoms with Gasteiger partial charge in [-0.15, -0.1) is 0 Å². The molecule has 0 bridgehead atoms. The van der Waals surface area contributed by atoms with Crippen LogP contribution < -0.4 is 5.32 Å². The molecule has 3 N–H and O–H groups in total. The molecule has 0 aromatic carbocycles. The van der Waals surface area contributed by atoms with Crippen LogP contribution >= 0.6 is 11.8 Å². The molecule has 6 nitrogen and oxygen atoms in total. The minimum Gasteiger partial charge on any atom is -0.481 e. The molecule has 1 fully saturated rings. The van der Waals surface area contributed by atoms with Gasteiger partial charge in [-0.05, 0) is 40.5 Å². The van der Waals surface area contributed by atoms with Crippen molar-refractivity contribution in [3.63, 3.8) is 0 Å². The van der Waals surface area contributed by atoms with Crippen molar-refractivity contribution in [2.75, 3.05) is 11.5 Å². The van der Waals surface area contributed by atoms with E-state index < -0.39 is 18.0 Å². The average Bonchev–Trinajstić information content (AvgIpc) is 2.28. The molecule has 0 aromatic heterocycles. The van der Waals surface area contributed by atoms with E-state index >= 15 is 0 Å². The molecule has 0 aromatic rings. The molecular weight excluding hydrogens is 306 g/mol. The monoisotopic (exact) mass is 333 g/mol. The van der Waals surface area contributed by atoms with E-state index in [0.717, 1.165) is 12.8 Å². The molecule has 22 heavy (non-hydrogen) atoms. The molecule has 1 saturated heterocycles. The smallest absolute Gasteiger partial charge is 0.333 e. The van der Waals surface area contributed by atoms with Crippen molar-refractivity contribution >= 4 is 23.7 Å². The Labute approximate surface area is 136 Å². The molecule has 1 atom stereocenters. The zero-order chi connectivity index (χ0) is 17.0. The zero-order valence-corrected chi connectivity index (χ0v) is 14.5. The van der Waals surface area contributed by atoms with Crippen LogP contribution in [0.25, 0.3) is 0 Å². The highest BCUT2D eigenvalue weighted by molar-refractivity contribution is 7.99. The van der Waals surface area contributed by atoms with E-state index in [1.165, 1.54) is 11.8 Å². The summed E-state index contributed by atoms with van der Waals surface area (Å²) < 4.78 is 5.82. The summed E-state index contributed by atoms with van der Waals surface area (Å²) in [6.07, 6.45) is 0.519. The number of ether oxygens (including phenoxy) is 1. The molecule has 0 radical (unpaired) electrons. The minimum atomic E-state index is -0.989. The molecule has 0 aliphatic carbocycles. The van der Waals surface area contributed by atoms with Crippen LogP contribution in [0.15, 0.2) is 0 Å². The molecule has 1 heterocycles. The van der Waals surface area contributed by atoms with Crippen molar-refractivity contribution in [2.45, 2.75) is 70.2 Å². The van der Waals surface area contributed by atoms with Gasteiger partial charge in [-0.2, -0.15) is 11.8 Å². The maximum atomic E-state index is 11.4. The second-order valence-electron chi connectivity index (χ2n) is 7.10. The van der Waals surface area contributed by atoms with E-state index in [1.54, 1.807) is 0 Å². The fraction of sp³-hybridized carbons (Fsp3) is 0.867. The van der Waals surface area contributed by atoms with Crippen LogP contribution in [-0.4, -0.2) is 56.9 Å². The Balaban J connectivity index is 2.55. The molecule has 7 heteroatoms. The molecule has 0 spiro atoms. The summed E-state index contributed by atoms with van der Waals surface area (Å²) in [6.45, 7) is 8.34. The number of piperidine rings is 1. The number of rotatable bonds is 8. The van der Waals surface area contributed by atoms with Gasteiger partial charge in [-0.3, -0.25) is 4.79 Å². The van der Waals surface area contributed by atoms with Crippen LogP contribution in [0.2, 0.25) is 0 Å². The van der Waals surface area contributed by atoms with Crippen molar-refractivity contribution < 1.29 is 24.5 Å². The van der Waals surface area contributed by atoms with Crippen LogP contribution in [-0.2, 0) is 14.3 Å². The van der Waals surface area contributed by atoms with E-state index in [9.17, 15) is 14.7 Å². The highest BCUT2D eigenvalue weighted by Gasteiger charge is 2.39. The molecule has 0 saturated carbocycles. The Hall–Kier alpha value is -0.790. The van der Waals surface area contributed by atoms with Crippen molar-refractivity contribution in [1.29, 1.82) is 0 Å². The van der Waals surface area contributed by atoms with Gasteiger partial charge in [-0.25, -0.2) is 4.79 Å². The lowest BCUT2D eigenvalue weighted by Crippen LogP contribution is -2.60. The number of nitrogens with one attached hydrogen (secondary N) is 1. The first-order valence-corrected chi connectivity index (χ1v) is 8.63. The van der Waals surface area contributed by atoms with Crippen molar-refractivity contribution in [2.24, 2.45) is 0 Å². The van der Waals surface area contributed by atoms with Crippen LogP contribution in [0.3, 0.4) is 0 Å². The summed E-state index contributed by atoms with van der Waals surface area (Å²) >= 11 is 1.30. The van der Waals surface area contributed by atoms with Crippen LogP contribution in [0.4, 0.5) is 0 Å². The summed E-state index contributed by atoms with van der Waals surface area (Å²) in [4.78, 5) is 21.8. The summed E-state index contributed by atoms with van der Waals surface area (Å²) in [6, 6.07) is 0. The molecule has 1 aliphatic rings. The van der Waals surface area contributed by atoms with Gasteiger partial charge in [0.25, 0.3) is 0 Å². The summed E-state index contributed by atoms with van der Waals surface area (Å²) in [5.74, 6) is -1.20. The van der Waals surface area contributed by atoms with Gasteiger partial charge >= 0.3 is 11.9 Å². The summed E-state index contributed by atoms with van der Waals surface area (Å²) in [5.41, 5.74) is -0.210. The number of thioether (sulfide) groups is 1. The molecule has 1 rings (SSSR count). The van der Waals surface area contributed by atoms with Gasteiger partial charge in [0.15, 0.2) is 6.10 Å². The first kappa shape index (κ1) is 19.3. The van der Waals surface area contributed by atoms with E-state index in [2.05, 4.69) is 33.0 Å². The predicted octanol–water partition coefficient (Wildman–Crippen LogP) is 1.97. The SMILES string of the molecule is CC1(C)CC(OC(CSCCC(=O)O)C(=O)O)CC(C)(C)N1. The average molecular weight is 333 g/mol. The maximum absolute atomic E-state index is 11.4. The number of hydrogen-bond acceptors (Lipinski definition) is 5. The summed E-state index contributed by atoms with van der Waals surface area (Å²) in [7, 11) is 0. The largest absolute Gasteiger partial charge is 0.481 e. The van der Waals surface area contributed by atoms with Gasteiger partial charge in [-0.1, -0.05) is 0 Å². The Morgan fingerprint density at radius 2 is 1.77 bits per heavy atom. The molecule has 1 unspecified atom stereocenters. The lowest BCUT2D eigenvalue weighted by Gasteiger charge is -2.46. The van der Waals surface area contributed by atoms with E-state index in [0.29, 0.717) is 5.75 Å². The van der Waals surface area contributed by atoms with E-state index in [1.807, 2.05) is 0 Å². The third-order valence-corrected chi connectivity index (χ3v) is 4.55. The lowest BCUT2D eigenvalue weighted by molar-refractivity contribution is -0.155. The van der Waals surface area contributed by atoms with Gasteiger partial charge in [0.05, 0.1) is 12.5 Å². The van der Waals surface area contributed by atoms with E-state index in [4.69, 9.17) is 9.84 Å². The number of hydrogen-bond donors (Lipinski definition) is 3. The van der Waals surface area contributed by atoms with Crippen LogP contribution in [0.5, 0.6) is 0 Å². The fourth-order valence-electron chi connectivity index (χ4n) is 3.08. The fourth-order valence-corrected chi connectivity index (χ4v) is 4.00. The standard InChI is InChI=1S/C15H27NO5S/c1-14(2)7-10(8-15(3,4)16-14)21-11(13(19)20)9-22-6-5-12(17)18/h10-11,16H,5-9H2,1-4H3,(H,17,18)(H,19,20). The minimum absolute atomic E-state index is 0.0322. The topological polar surface area (TPSA) is 95.9 Å². The highest BCUT2D eigenvalue weighted by Crippen LogP contribution is 2.31. The van der Waals surface area contributed by atoms with Crippen molar-refractivity contribution in [3.8, 4) is 0 Å². The van der Waals surface area contributed by atoms with Crippen molar-refractivity contribution in [1.82, 2.24) is 5.32 Å². The number of carboxylic acids is 2. The summed E-state index contributed by atoms with van der Waals surface area (Å²) in [5, 5.41) is 21.4. The van der Waals surface area contributed by atoms with Gasteiger partial charge < -0.3 is 20.3 Å².